The van der Waals surface area contributed by atoms with Gasteiger partial charge in [0.25, 0.3) is 5.91 Å². The molecule has 0 spiro atoms. The summed E-state index contributed by atoms with van der Waals surface area (Å²) in [4.78, 5) is 12.1. The molecule has 0 atom stereocenters. The number of hydrogen-bond donors (Lipinski definition) is 1. The molecule has 0 unspecified atom stereocenters. The van der Waals surface area contributed by atoms with Gasteiger partial charge in [0.1, 0.15) is 0 Å². The van der Waals surface area contributed by atoms with Crippen molar-refractivity contribution in [3.8, 4) is 6.07 Å². The standard InChI is InChI=1S/C17H16N2O/c1-12(2)15-4-3-5-16(10-15)19-17(20)14-8-6-13(11-18)7-9-14/h3-10,12H,1-2H3,(H,19,20). The summed E-state index contributed by atoms with van der Waals surface area (Å²) < 4.78 is 0. The van der Waals surface area contributed by atoms with Gasteiger partial charge in [0.05, 0.1) is 11.6 Å². The van der Waals surface area contributed by atoms with Crippen LogP contribution in [-0.2, 0) is 0 Å². The highest BCUT2D eigenvalue weighted by Gasteiger charge is 2.07. The number of nitrogens with one attached hydrogen (secondary N) is 1. The van der Waals surface area contributed by atoms with Crippen LogP contribution < -0.4 is 5.32 Å². The first-order chi connectivity index (χ1) is 9.60. The molecule has 3 heteroatoms. The largest absolute Gasteiger partial charge is 0.322 e. The number of rotatable bonds is 3. The maximum absolute atomic E-state index is 12.1. The van der Waals surface area contributed by atoms with Gasteiger partial charge in [-0.3, -0.25) is 4.79 Å². The van der Waals surface area contributed by atoms with Gasteiger partial charge in [-0.25, -0.2) is 0 Å². The monoisotopic (exact) mass is 264 g/mol. The number of nitrogens with zero attached hydrogens (tertiary/aromatic N) is 1. The van der Waals surface area contributed by atoms with Gasteiger partial charge in [0, 0.05) is 11.3 Å². The average Bonchev–Trinajstić information content (AvgIpc) is 2.47. The average molecular weight is 264 g/mol. The van der Waals surface area contributed by atoms with E-state index >= 15 is 0 Å². The van der Waals surface area contributed by atoms with Gasteiger partial charge in [-0.05, 0) is 47.9 Å². The Hall–Kier alpha value is -2.60. The van der Waals surface area contributed by atoms with Crippen LogP contribution >= 0.6 is 0 Å². The molecular formula is C17H16N2O. The van der Waals surface area contributed by atoms with E-state index in [0.717, 1.165) is 5.69 Å². The number of amides is 1. The van der Waals surface area contributed by atoms with E-state index in [-0.39, 0.29) is 5.91 Å². The second kappa shape index (κ2) is 6.03. The van der Waals surface area contributed by atoms with E-state index in [0.29, 0.717) is 17.0 Å². The van der Waals surface area contributed by atoms with Crippen LogP contribution in [-0.4, -0.2) is 5.91 Å². The predicted molar refractivity (Wildman–Crippen MR) is 79.6 cm³/mol. The minimum absolute atomic E-state index is 0.171. The molecule has 100 valence electrons. The Morgan fingerprint density at radius 3 is 2.45 bits per heavy atom. The molecule has 0 aliphatic rings. The minimum Gasteiger partial charge on any atom is -0.322 e. The van der Waals surface area contributed by atoms with Gasteiger partial charge in [0.2, 0.25) is 0 Å². The van der Waals surface area contributed by atoms with E-state index in [9.17, 15) is 4.79 Å². The summed E-state index contributed by atoms with van der Waals surface area (Å²) in [5, 5.41) is 11.6. The van der Waals surface area contributed by atoms with Gasteiger partial charge >= 0.3 is 0 Å². The van der Waals surface area contributed by atoms with Gasteiger partial charge in [-0.15, -0.1) is 0 Å². The molecule has 1 N–H and O–H groups in total. The zero-order chi connectivity index (χ0) is 14.5. The van der Waals surface area contributed by atoms with Gasteiger partial charge in [-0.1, -0.05) is 26.0 Å². The Bertz CT molecular complexity index is 651. The Morgan fingerprint density at radius 1 is 1.15 bits per heavy atom. The Kier molecular flexibility index (Phi) is 4.17. The zero-order valence-corrected chi connectivity index (χ0v) is 11.6. The third kappa shape index (κ3) is 3.24. The van der Waals surface area contributed by atoms with Crippen molar-refractivity contribution in [3.05, 3.63) is 65.2 Å². The molecule has 2 aromatic carbocycles. The molecule has 0 aromatic heterocycles. The Labute approximate surface area is 118 Å². The molecule has 0 saturated heterocycles. The van der Waals surface area contributed by atoms with Gasteiger partial charge < -0.3 is 5.32 Å². The second-order valence-electron chi connectivity index (χ2n) is 4.92. The molecule has 1 amide bonds. The first-order valence-corrected chi connectivity index (χ1v) is 6.51. The molecule has 0 aliphatic heterocycles. The molecular weight excluding hydrogens is 248 g/mol. The smallest absolute Gasteiger partial charge is 0.255 e. The van der Waals surface area contributed by atoms with Crippen LogP contribution in [0.25, 0.3) is 0 Å². The van der Waals surface area contributed by atoms with E-state index < -0.39 is 0 Å². The quantitative estimate of drug-likeness (QED) is 0.913. The van der Waals surface area contributed by atoms with Crippen LogP contribution in [0.4, 0.5) is 5.69 Å². The SMILES string of the molecule is CC(C)c1cccc(NC(=O)c2ccc(C#N)cc2)c1. The predicted octanol–water partition coefficient (Wildman–Crippen LogP) is 3.93. The maximum atomic E-state index is 12.1. The zero-order valence-electron chi connectivity index (χ0n) is 11.6. The highest BCUT2D eigenvalue weighted by molar-refractivity contribution is 6.04. The van der Waals surface area contributed by atoms with Crippen molar-refractivity contribution in [2.45, 2.75) is 19.8 Å². The van der Waals surface area contributed by atoms with Crippen molar-refractivity contribution in [1.29, 1.82) is 5.26 Å². The van der Waals surface area contributed by atoms with E-state index in [4.69, 9.17) is 5.26 Å². The fraction of sp³-hybridized carbons (Fsp3) is 0.176. The Balaban J connectivity index is 2.15. The summed E-state index contributed by atoms with van der Waals surface area (Å²) in [6.07, 6.45) is 0. The molecule has 2 aromatic rings. The van der Waals surface area contributed by atoms with Crippen molar-refractivity contribution in [2.24, 2.45) is 0 Å². The van der Waals surface area contributed by atoms with Crippen LogP contribution in [0.3, 0.4) is 0 Å². The Morgan fingerprint density at radius 2 is 1.85 bits per heavy atom. The molecule has 3 nitrogen and oxygen atoms in total. The van der Waals surface area contributed by atoms with Crippen LogP contribution in [0, 0.1) is 11.3 Å². The number of carbonyl (C=O) groups is 1. The van der Waals surface area contributed by atoms with E-state index in [1.807, 2.05) is 30.3 Å². The molecule has 0 fully saturated rings. The topological polar surface area (TPSA) is 52.9 Å². The molecule has 20 heavy (non-hydrogen) atoms. The summed E-state index contributed by atoms with van der Waals surface area (Å²) in [6.45, 7) is 4.23. The molecule has 0 heterocycles. The summed E-state index contributed by atoms with van der Waals surface area (Å²) in [6, 6.07) is 16.4. The number of anilines is 1. The third-order valence-corrected chi connectivity index (χ3v) is 3.09. The third-order valence-electron chi connectivity index (χ3n) is 3.09. The van der Waals surface area contributed by atoms with Crippen LogP contribution in [0.2, 0.25) is 0 Å². The van der Waals surface area contributed by atoms with Crippen molar-refractivity contribution >= 4 is 11.6 Å². The van der Waals surface area contributed by atoms with E-state index in [2.05, 4.69) is 19.2 Å². The minimum atomic E-state index is -0.171. The summed E-state index contributed by atoms with van der Waals surface area (Å²) >= 11 is 0. The number of nitriles is 1. The highest BCUT2D eigenvalue weighted by Crippen LogP contribution is 2.19. The summed E-state index contributed by atoms with van der Waals surface area (Å²) in [5.74, 6) is 0.247. The summed E-state index contributed by atoms with van der Waals surface area (Å²) in [7, 11) is 0. The lowest BCUT2D eigenvalue weighted by atomic mass is 10.0. The number of benzene rings is 2. The van der Waals surface area contributed by atoms with Gasteiger partial charge in [-0.2, -0.15) is 5.26 Å². The highest BCUT2D eigenvalue weighted by atomic mass is 16.1. The van der Waals surface area contributed by atoms with Crippen LogP contribution in [0.1, 0.15) is 41.3 Å². The molecule has 0 bridgehead atoms. The van der Waals surface area contributed by atoms with Crippen molar-refractivity contribution in [1.82, 2.24) is 0 Å². The van der Waals surface area contributed by atoms with Gasteiger partial charge in [0.15, 0.2) is 0 Å². The lowest BCUT2D eigenvalue weighted by Gasteiger charge is -2.09. The molecule has 0 aliphatic carbocycles. The molecule has 0 radical (unpaired) electrons. The van der Waals surface area contributed by atoms with E-state index in [1.165, 1.54) is 5.56 Å². The second-order valence-corrected chi connectivity index (χ2v) is 4.92. The fourth-order valence-electron chi connectivity index (χ4n) is 1.87. The van der Waals surface area contributed by atoms with Crippen molar-refractivity contribution < 1.29 is 4.79 Å². The first-order valence-electron chi connectivity index (χ1n) is 6.51. The van der Waals surface area contributed by atoms with Crippen molar-refractivity contribution in [3.63, 3.8) is 0 Å². The maximum Gasteiger partial charge on any atom is 0.255 e. The lowest BCUT2D eigenvalue weighted by molar-refractivity contribution is 0.102. The normalized spacial score (nSPS) is 10.1. The molecule has 2 rings (SSSR count). The number of hydrogen-bond acceptors (Lipinski definition) is 2. The summed E-state index contributed by atoms with van der Waals surface area (Å²) in [5.41, 5.74) is 3.05. The van der Waals surface area contributed by atoms with Crippen LogP contribution in [0.15, 0.2) is 48.5 Å². The van der Waals surface area contributed by atoms with E-state index in [1.54, 1.807) is 24.3 Å². The van der Waals surface area contributed by atoms with Crippen LogP contribution in [0.5, 0.6) is 0 Å². The lowest BCUT2D eigenvalue weighted by Crippen LogP contribution is -2.12. The van der Waals surface area contributed by atoms with Crippen molar-refractivity contribution in [2.75, 3.05) is 5.32 Å². The molecule has 0 saturated carbocycles. The number of carbonyl (C=O) groups excluding carboxylic acids is 1. The first kappa shape index (κ1) is 13.8. The fourth-order valence-corrected chi connectivity index (χ4v) is 1.87.